The summed E-state index contributed by atoms with van der Waals surface area (Å²) in [6.07, 6.45) is 0. The second kappa shape index (κ2) is 7.39. The maximum Gasteiger partial charge on any atom is 0.446 e. The molecule has 0 fully saturated rings. The van der Waals surface area contributed by atoms with Gasteiger partial charge in [-0.3, -0.25) is 9.59 Å². The second-order valence-corrected chi connectivity index (χ2v) is 5.93. The van der Waals surface area contributed by atoms with Crippen LogP contribution in [0.3, 0.4) is 0 Å². The Morgan fingerprint density at radius 3 is 2.08 bits per heavy atom. The van der Waals surface area contributed by atoms with E-state index in [1.807, 2.05) is 0 Å². The minimum absolute atomic E-state index is 0.00621. The fraction of sp³-hybridized carbons (Fsp3) is 0.125. The quantitative estimate of drug-likeness (QED) is 0.795. The van der Waals surface area contributed by atoms with Gasteiger partial charge in [0.2, 0.25) is 5.91 Å². The molecule has 0 radical (unpaired) electrons. The highest BCUT2D eigenvalue weighted by Gasteiger charge is 2.29. The van der Waals surface area contributed by atoms with Crippen LogP contribution in [0.1, 0.15) is 17.3 Å². The zero-order valence-electron chi connectivity index (χ0n) is 12.5. The van der Waals surface area contributed by atoms with E-state index in [1.165, 1.54) is 31.2 Å². The Kier molecular flexibility index (Phi) is 5.50. The molecule has 0 aliphatic heterocycles. The first-order valence-electron chi connectivity index (χ1n) is 6.78. The van der Waals surface area contributed by atoms with Gasteiger partial charge in [0, 0.05) is 28.8 Å². The second-order valence-electron chi connectivity index (χ2n) is 4.79. The zero-order chi connectivity index (χ0) is 17.7. The van der Waals surface area contributed by atoms with E-state index in [9.17, 15) is 22.8 Å². The third-order valence-corrected chi connectivity index (χ3v) is 3.53. The van der Waals surface area contributed by atoms with Crippen LogP contribution in [0.25, 0.3) is 0 Å². The van der Waals surface area contributed by atoms with Crippen LogP contribution < -0.4 is 10.6 Å². The van der Waals surface area contributed by atoms with E-state index in [0.717, 1.165) is 0 Å². The van der Waals surface area contributed by atoms with Gasteiger partial charge < -0.3 is 10.6 Å². The van der Waals surface area contributed by atoms with Gasteiger partial charge in [0.1, 0.15) is 0 Å². The van der Waals surface area contributed by atoms with Gasteiger partial charge in [0.25, 0.3) is 5.91 Å². The molecule has 126 valence electrons. The number of rotatable bonds is 4. The summed E-state index contributed by atoms with van der Waals surface area (Å²) in [5, 5.41) is 5.21. The average Bonchev–Trinajstić information content (AvgIpc) is 2.46. The smallest absolute Gasteiger partial charge is 0.326 e. The number of anilines is 2. The highest BCUT2D eigenvalue weighted by Crippen LogP contribution is 2.36. The first kappa shape index (κ1) is 17.9. The van der Waals surface area contributed by atoms with E-state index in [2.05, 4.69) is 10.6 Å². The van der Waals surface area contributed by atoms with Crippen LogP contribution in [0.5, 0.6) is 0 Å². The Labute approximate surface area is 140 Å². The standard InChI is InChI=1S/C16H13F3N2O2S/c1-10(22)20-12-3-2-4-13(9-12)21-15(23)11-5-7-14(8-6-11)24-16(17,18)19/h2-9H,1H3,(H,20,22)(H,21,23). The van der Waals surface area contributed by atoms with Crippen molar-refractivity contribution in [3.8, 4) is 0 Å². The van der Waals surface area contributed by atoms with Crippen LogP contribution in [0.2, 0.25) is 0 Å². The summed E-state index contributed by atoms with van der Waals surface area (Å²) < 4.78 is 36.8. The molecule has 2 amide bonds. The van der Waals surface area contributed by atoms with Crippen molar-refractivity contribution in [3.05, 3.63) is 54.1 Å². The maximum atomic E-state index is 12.3. The van der Waals surface area contributed by atoms with E-state index in [1.54, 1.807) is 24.3 Å². The molecule has 2 aromatic carbocycles. The molecule has 0 aliphatic carbocycles. The number of hydrogen-bond donors (Lipinski definition) is 2. The number of alkyl halides is 3. The molecule has 4 nitrogen and oxygen atoms in total. The maximum absolute atomic E-state index is 12.3. The van der Waals surface area contributed by atoms with Crippen molar-refractivity contribution in [2.45, 2.75) is 17.3 Å². The lowest BCUT2D eigenvalue weighted by molar-refractivity contribution is -0.114. The molecule has 0 aromatic heterocycles. The van der Waals surface area contributed by atoms with Gasteiger partial charge in [0.15, 0.2) is 0 Å². The molecular weight excluding hydrogens is 341 g/mol. The van der Waals surface area contributed by atoms with E-state index in [-0.39, 0.29) is 28.1 Å². The summed E-state index contributed by atoms with van der Waals surface area (Å²) in [6.45, 7) is 1.37. The Morgan fingerprint density at radius 2 is 1.54 bits per heavy atom. The summed E-state index contributed by atoms with van der Waals surface area (Å²) >= 11 is -0.239. The number of halogens is 3. The number of carbonyl (C=O) groups is 2. The van der Waals surface area contributed by atoms with E-state index < -0.39 is 11.4 Å². The molecule has 0 aliphatic rings. The zero-order valence-corrected chi connectivity index (χ0v) is 13.3. The molecule has 0 heterocycles. The fourth-order valence-electron chi connectivity index (χ4n) is 1.89. The minimum Gasteiger partial charge on any atom is -0.326 e. The topological polar surface area (TPSA) is 58.2 Å². The normalized spacial score (nSPS) is 11.0. The van der Waals surface area contributed by atoms with Crippen molar-refractivity contribution < 1.29 is 22.8 Å². The molecule has 8 heteroatoms. The number of amides is 2. The van der Waals surface area contributed by atoms with Crippen molar-refractivity contribution in [2.24, 2.45) is 0 Å². The SMILES string of the molecule is CC(=O)Nc1cccc(NC(=O)c2ccc(SC(F)(F)F)cc2)c1. The number of nitrogens with one attached hydrogen (secondary N) is 2. The largest absolute Gasteiger partial charge is 0.446 e. The number of hydrogen-bond acceptors (Lipinski definition) is 3. The third-order valence-electron chi connectivity index (χ3n) is 2.79. The van der Waals surface area contributed by atoms with E-state index in [0.29, 0.717) is 11.4 Å². The molecule has 24 heavy (non-hydrogen) atoms. The molecule has 2 N–H and O–H groups in total. The van der Waals surface area contributed by atoms with Gasteiger partial charge >= 0.3 is 5.51 Å². The van der Waals surface area contributed by atoms with Gasteiger partial charge in [-0.25, -0.2) is 0 Å². The molecule has 2 rings (SSSR count). The Bertz CT molecular complexity index is 746. The van der Waals surface area contributed by atoms with Crippen molar-refractivity contribution >= 4 is 35.0 Å². The summed E-state index contributed by atoms with van der Waals surface area (Å²) in [4.78, 5) is 23.1. The van der Waals surface area contributed by atoms with E-state index in [4.69, 9.17) is 0 Å². The van der Waals surface area contributed by atoms with Gasteiger partial charge in [-0.2, -0.15) is 13.2 Å². The summed E-state index contributed by atoms with van der Waals surface area (Å²) in [5.41, 5.74) is -3.16. The molecule has 0 spiro atoms. The third kappa shape index (κ3) is 5.62. The van der Waals surface area contributed by atoms with Gasteiger partial charge in [0.05, 0.1) is 0 Å². The van der Waals surface area contributed by atoms with Crippen LogP contribution >= 0.6 is 11.8 Å². The highest BCUT2D eigenvalue weighted by atomic mass is 32.2. The predicted octanol–water partition coefficient (Wildman–Crippen LogP) is 4.51. The molecular formula is C16H13F3N2O2S. The average molecular weight is 354 g/mol. The van der Waals surface area contributed by atoms with Crippen molar-refractivity contribution in [3.63, 3.8) is 0 Å². The number of carbonyl (C=O) groups excluding carboxylic acids is 2. The highest BCUT2D eigenvalue weighted by molar-refractivity contribution is 8.00. The molecule has 2 aromatic rings. The van der Waals surface area contributed by atoms with Crippen LogP contribution in [-0.4, -0.2) is 17.3 Å². The summed E-state index contributed by atoms with van der Waals surface area (Å²) in [7, 11) is 0. The van der Waals surface area contributed by atoms with Crippen molar-refractivity contribution in [1.82, 2.24) is 0 Å². The Hall–Kier alpha value is -2.48. The fourth-order valence-corrected chi connectivity index (χ4v) is 2.43. The molecule has 0 atom stereocenters. The molecule has 0 saturated heterocycles. The van der Waals surface area contributed by atoms with Gasteiger partial charge in [-0.15, -0.1) is 0 Å². The van der Waals surface area contributed by atoms with Gasteiger partial charge in [-0.05, 0) is 54.2 Å². The van der Waals surface area contributed by atoms with Crippen LogP contribution in [0.15, 0.2) is 53.4 Å². The monoisotopic (exact) mass is 354 g/mol. The number of benzene rings is 2. The van der Waals surface area contributed by atoms with Crippen LogP contribution in [0.4, 0.5) is 24.5 Å². The first-order valence-corrected chi connectivity index (χ1v) is 7.59. The summed E-state index contributed by atoms with van der Waals surface area (Å²) in [5.74, 6) is -0.699. The Balaban J connectivity index is 2.06. The Morgan fingerprint density at radius 1 is 0.958 bits per heavy atom. The van der Waals surface area contributed by atoms with Gasteiger partial charge in [-0.1, -0.05) is 6.07 Å². The minimum atomic E-state index is -4.37. The predicted molar refractivity (Wildman–Crippen MR) is 87.1 cm³/mol. The first-order chi connectivity index (χ1) is 11.2. The summed E-state index contributed by atoms with van der Waals surface area (Å²) in [6, 6.07) is 11.7. The number of thioether (sulfide) groups is 1. The molecule has 0 bridgehead atoms. The van der Waals surface area contributed by atoms with E-state index >= 15 is 0 Å². The van der Waals surface area contributed by atoms with Crippen LogP contribution in [0, 0.1) is 0 Å². The lowest BCUT2D eigenvalue weighted by atomic mass is 10.2. The van der Waals surface area contributed by atoms with Crippen LogP contribution in [-0.2, 0) is 4.79 Å². The molecule has 0 unspecified atom stereocenters. The van der Waals surface area contributed by atoms with Crippen molar-refractivity contribution in [2.75, 3.05) is 10.6 Å². The lowest BCUT2D eigenvalue weighted by Crippen LogP contribution is -2.12. The lowest BCUT2D eigenvalue weighted by Gasteiger charge is -2.09. The van der Waals surface area contributed by atoms with Crippen molar-refractivity contribution in [1.29, 1.82) is 0 Å². The molecule has 0 saturated carbocycles.